The van der Waals surface area contributed by atoms with Gasteiger partial charge in [-0.05, 0) is 28.6 Å². The molecule has 1 fully saturated rings. The molecule has 5 heteroatoms. The van der Waals surface area contributed by atoms with E-state index in [2.05, 4.69) is 37.1 Å². The molecule has 76 valence electrons. The van der Waals surface area contributed by atoms with Crippen molar-refractivity contribution in [3.05, 3.63) is 16.9 Å². The van der Waals surface area contributed by atoms with Crippen molar-refractivity contribution in [3.63, 3.8) is 0 Å². The number of thioether (sulfide) groups is 1. The van der Waals surface area contributed by atoms with E-state index >= 15 is 0 Å². The molecule has 2 heterocycles. The van der Waals surface area contributed by atoms with Gasteiger partial charge in [0.1, 0.15) is 0 Å². The molecule has 0 spiro atoms. The van der Waals surface area contributed by atoms with Gasteiger partial charge in [0.15, 0.2) is 0 Å². The predicted molar refractivity (Wildman–Crippen MR) is 63.9 cm³/mol. The summed E-state index contributed by atoms with van der Waals surface area (Å²) in [6, 6.07) is 0. The Morgan fingerprint density at radius 1 is 1.50 bits per heavy atom. The normalized spacial score (nSPS) is 21.6. The molecule has 0 bridgehead atoms. The lowest BCUT2D eigenvalue weighted by Crippen LogP contribution is -2.22. The smallest absolute Gasteiger partial charge is 0.225 e. The van der Waals surface area contributed by atoms with E-state index in [1.165, 1.54) is 6.42 Å². The summed E-state index contributed by atoms with van der Waals surface area (Å²) in [7, 11) is 0. The molecule has 1 saturated heterocycles. The molecule has 3 nitrogen and oxygen atoms in total. The largest absolute Gasteiger partial charge is 0.340 e. The Balaban J connectivity index is 2.06. The van der Waals surface area contributed by atoms with Crippen LogP contribution in [0.25, 0.3) is 0 Å². The van der Waals surface area contributed by atoms with Gasteiger partial charge in [-0.1, -0.05) is 0 Å². The van der Waals surface area contributed by atoms with E-state index in [9.17, 15) is 0 Å². The molecule has 1 atom stereocenters. The van der Waals surface area contributed by atoms with Gasteiger partial charge in [-0.15, -0.1) is 0 Å². The van der Waals surface area contributed by atoms with Gasteiger partial charge in [-0.25, -0.2) is 9.97 Å². The van der Waals surface area contributed by atoms with Crippen LogP contribution in [-0.4, -0.2) is 34.6 Å². The average molecular weight is 274 g/mol. The Bertz CT molecular complexity index is 303. The van der Waals surface area contributed by atoms with Crippen molar-refractivity contribution in [1.29, 1.82) is 0 Å². The Hall–Kier alpha value is -0.290. The van der Waals surface area contributed by atoms with Crippen LogP contribution in [0.1, 0.15) is 6.42 Å². The minimum absolute atomic E-state index is 0.738. The molecule has 1 unspecified atom stereocenters. The van der Waals surface area contributed by atoms with Crippen LogP contribution in [0, 0.1) is 0 Å². The summed E-state index contributed by atoms with van der Waals surface area (Å²) < 4.78 is 0.932. The van der Waals surface area contributed by atoms with Crippen molar-refractivity contribution in [2.45, 2.75) is 11.7 Å². The van der Waals surface area contributed by atoms with E-state index in [1.807, 2.05) is 11.8 Å². The number of anilines is 1. The number of aromatic nitrogens is 2. The van der Waals surface area contributed by atoms with Crippen LogP contribution < -0.4 is 4.90 Å². The van der Waals surface area contributed by atoms with Gasteiger partial charge in [-0.3, -0.25) is 0 Å². The van der Waals surface area contributed by atoms with E-state index in [0.717, 1.165) is 28.8 Å². The second kappa shape index (κ2) is 4.49. The van der Waals surface area contributed by atoms with Crippen molar-refractivity contribution in [3.8, 4) is 0 Å². The van der Waals surface area contributed by atoms with Crippen molar-refractivity contribution < 1.29 is 0 Å². The maximum absolute atomic E-state index is 4.29. The molecule has 0 radical (unpaired) electrons. The molecule has 14 heavy (non-hydrogen) atoms. The zero-order valence-electron chi connectivity index (χ0n) is 7.98. The second-order valence-electron chi connectivity index (χ2n) is 3.29. The average Bonchev–Trinajstić information content (AvgIpc) is 2.67. The quantitative estimate of drug-likeness (QED) is 0.826. The maximum Gasteiger partial charge on any atom is 0.225 e. The minimum atomic E-state index is 0.738. The fourth-order valence-corrected chi connectivity index (χ4v) is 2.45. The van der Waals surface area contributed by atoms with E-state index in [-0.39, 0.29) is 0 Å². The van der Waals surface area contributed by atoms with Crippen LogP contribution in [0.15, 0.2) is 16.9 Å². The van der Waals surface area contributed by atoms with E-state index in [1.54, 1.807) is 12.4 Å². The number of halogens is 1. The molecule has 0 aromatic carbocycles. The molecule has 0 N–H and O–H groups in total. The van der Waals surface area contributed by atoms with Crippen molar-refractivity contribution in [2.24, 2.45) is 0 Å². The van der Waals surface area contributed by atoms with Crippen LogP contribution in [0.3, 0.4) is 0 Å². The van der Waals surface area contributed by atoms with Gasteiger partial charge in [0.25, 0.3) is 0 Å². The molecule has 2 rings (SSSR count). The fraction of sp³-hybridized carbons (Fsp3) is 0.556. The summed E-state index contributed by atoms with van der Waals surface area (Å²) in [5.41, 5.74) is 0. The highest BCUT2D eigenvalue weighted by molar-refractivity contribution is 9.10. The zero-order valence-corrected chi connectivity index (χ0v) is 10.4. The lowest BCUT2D eigenvalue weighted by molar-refractivity contribution is 0.897. The van der Waals surface area contributed by atoms with Crippen LogP contribution in [0.4, 0.5) is 5.95 Å². The topological polar surface area (TPSA) is 29.0 Å². The highest BCUT2D eigenvalue weighted by Gasteiger charge is 2.23. The van der Waals surface area contributed by atoms with Gasteiger partial charge in [0.05, 0.1) is 4.47 Å². The van der Waals surface area contributed by atoms with Crippen LogP contribution in [-0.2, 0) is 0 Å². The molecule has 0 amide bonds. The first-order valence-electron chi connectivity index (χ1n) is 4.55. The van der Waals surface area contributed by atoms with Crippen molar-refractivity contribution in [1.82, 2.24) is 9.97 Å². The number of nitrogens with zero attached hydrogens (tertiary/aromatic N) is 3. The van der Waals surface area contributed by atoms with Crippen molar-refractivity contribution in [2.75, 3.05) is 24.2 Å². The summed E-state index contributed by atoms with van der Waals surface area (Å²) >= 11 is 5.26. The van der Waals surface area contributed by atoms with Crippen LogP contribution in [0.2, 0.25) is 0 Å². The third kappa shape index (κ3) is 2.20. The highest BCUT2D eigenvalue weighted by Crippen LogP contribution is 2.23. The third-order valence-corrected chi connectivity index (χ3v) is 3.83. The van der Waals surface area contributed by atoms with Crippen LogP contribution >= 0.6 is 27.7 Å². The highest BCUT2D eigenvalue weighted by atomic mass is 79.9. The Labute approximate surface area is 96.4 Å². The second-order valence-corrected chi connectivity index (χ2v) is 5.35. The van der Waals surface area contributed by atoms with Gasteiger partial charge >= 0.3 is 0 Å². The van der Waals surface area contributed by atoms with Gasteiger partial charge in [-0.2, -0.15) is 11.8 Å². The SMILES string of the molecule is CSC1CCN(c2ncc(Br)cn2)C1. The number of hydrogen-bond acceptors (Lipinski definition) is 4. The Morgan fingerprint density at radius 3 is 2.79 bits per heavy atom. The fourth-order valence-electron chi connectivity index (χ4n) is 1.57. The van der Waals surface area contributed by atoms with Crippen LogP contribution in [0.5, 0.6) is 0 Å². The predicted octanol–water partition coefficient (Wildman–Crippen LogP) is 2.18. The Morgan fingerprint density at radius 2 is 2.21 bits per heavy atom. The third-order valence-electron chi connectivity index (χ3n) is 2.37. The maximum atomic E-state index is 4.29. The lowest BCUT2D eigenvalue weighted by atomic mass is 10.4. The summed E-state index contributed by atoms with van der Waals surface area (Å²) in [4.78, 5) is 10.8. The molecule has 1 aromatic heterocycles. The van der Waals surface area contributed by atoms with E-state index in [4.69, 9.17) is 0 Å². The van der Waals surface area contributed by atoms with Gasteiger partial charge in [0, 0.05) is 30.7 Å². The molecule has 1 aromatic rings. The van der Waals surface area contributed by atoms with Gasteiger partial charge < -0.3 is 4.90 Å². The Kier molecular flexibility index (Phi) is 3.28. The van der Waals surface area contributed by atoms with E-state index < -0.39 is 0 Å². The summed E-state index contributed by atoms with van der Waals surface area (Å²) in [6.07, 6.45) is 7.00. The number of hydrogen-bond donors (Lipinski definition) is 0. The summed E-state index contributed by atoms with van der Waals surface area (Å²) in [6.45, 7) is 2.15. The van der Waals surface area contributed by atoms with Crippen molar-refractivity contribution >= 4 is 33.6 Å². The first-order valence-corrected chi connectivity index (χ1v) is 6.63. The molecular weight excluding hydrogens is 262 g/mol. The minimum Gasteiger partial charge on any atom is -0.340 e. The number of rotatable bonds is 2. The zero-order chi connectivity index (χ0) is 9.97. The molecule has 0 saturated carbocycles. The standard InChI is InChI=1S/C9H12BrN3S/c1-14-8-2-3-13(6-8)9-11-4-7(10)5-12-9/h4-5,8H,2-3,6H2,1H3. The molecule has 0 aliphatic carbocycles. The molecule has 1 aliphatic heterocycles. The molecule has 1 aliphatic rings. The summed E-state index contributed by atoms with van der Waals surface area (Å²) in [5.74, 6) is 0.852. The van der Waals surface area contributed by atoms with E-state index in [0.29, 0.717) is 0 Å². The first kappa shape index (κ1) is 10.2. The first-order chi connectivity index (χ1) is 6.79. The molecular formula is C9H12BrN3S. The monoisotopic (exact) mass is 273 g/mol. The van der Waals surface area contributed by atoms with Gasteiger partial charge in [0.2, 0.25) is 5.95 Å². The lowest BCUT2D eigenvalue weighted by Gasteiger charge is -2.15. The summed E-state index contributed by atoms with van der Waals surface area (Å²) in [5, 5.41) is 0.738.